The predicted octanol–water partition coefficient (Wildman–Crippen LogP) is 2.35. The van der Waals surface area contributed by atoms with Gasteiger partial charge < -0.3 is 15.2 Å². The van der Waals surface area contributed by atoms with Crippen LogP contribution in [-0.2, 0) is 7.05 Å². The van der Waals surface area contributed by atoms with E-state index in [-0.39, 0.29) is 11.6 Å². The molecule has 0 spiro atoms. The average Bonchev–Trinajstić information content (AvgIpc) is 2.74. The molecule has 1 unspecified atom stereocenters. The summed E-state index contributed by atoms with van der Waals surface area (Å²) in [4.78, 5) is 14.6. The molecule has 0 aliphatic carbocycles. The smallest absolute Gasteiger partial charge is 0.342 e. The van der Waals surface area contributed by atoms with Crippen LogP contribution in [0.2, 0.25) is 5.02 Å². The predicted molar refractivity (Wildman–Crippen MR) is 72.6 cm³/mol. The highest BCUT2D eigenvalue weighted by atomic mass is 35.5. The van der Waals surface area contributed by atoms with Crippen LogP contribution in [0.1, 0.15) is 17.5 Å². The number of hydrogen-bond donors (Lipinski definition) is 2. The monoisotopic (exact) mass is 299 g/mol. The Hall–Kier alpha value is -1.57. The van der Waals surface area contributed by atoms with Gasteiger partial charge in [0.2, 0.25) is 5.82 Å². The lowest BCUT2D eigenvalue weighted by Gasteiger charge is -2.09. The maximum absolute atomic E-state index is 10.7. The maximum Gasteiger partial charge on any atom is 0.342 e. The molecule has 1 heterocycles. The summed E-state index contributed by atoms with van der Waals surface area (Å²) in [6.07, 6.45) is 0.0118. The third kappa shape index (κ3) is 2.58. The molecule has 6 nitrogen and oxygen atoms in total. The van der Waals surface area contributed by atoms with Crippen LogP contribution in [0.25, 0.3) is 0 Å². The summed E-state index contributed by atoms with van der Waals surface area (Å²) >= 11 is 10.0. The number of imidazole rings is 1. The van der Waals surface area contributed by atoms with E-state index < -0.39 is 11.0 Å². The Labute approximate surface area is 119 Å². The molecule has 0 amide bonds. The summed E-state index contributed by atoms with van der Waals surface area (Å²) in [5.41, 5.74) is 0.492. The van der Waals surface area contributed by atoms with Crippen LogP contribution in [0.3, 0.4) is 0 Å². The number of hydrogen-bond acceptors (Lipinski definition) is 5. The number of benzene rings is 1. The molecule has 0 aliphatic rings. The third-order valence-electron chi connectivity index (χ3n) is 2.72. The van der Waals surface area contributed by atoms with E-state index >= 15 is 0 Å². The largest absolute Gasteiger partial charge is 0.378 e. The molecule has 0 saturated heterocycles. The van der Waals surface area contributed by atoms with Crippen LogP contribution in [-0.4, -0.2) is 19.6 Å². The summed E-state index contributed by atoms with van der Waals surface area (Å²) in [5.74, 6) is -0.0133. The second-order valence-corrected chi connectivity index (χ2v) is 4.79. The van der Waals surface area contributed by atoms with Crippen molar-refractivity contribution in [1.29, 1.82) is 0 Å². The Morgan fingerprint density at radius 1 is 1.58 bits per heavy atom. The number of rotatable bonds is 3. The molecule has 1 aromatic heterocycles. The van der Waals surface area contributed by atoms with Crippen molar-refractivity contribution in [3.05, 3.63) is 50.9 Å². The third-order valence-corrected chi connectivity index (χ3v) is 3.55. The number of aliphatic hydroxyl groups excluding tert-OH is 1. The molecule has 19 heavy (non-hydrogen) atoms. The van der Waals surface area contributed by atoms with Crippen LogP contribution in [0.5, 0.6) is 0 Å². The van der Waals surface area contributed by atoms with E-state index in [1.807, 2.05) is 0 Å². The number of nitro groups is 1. The Kier molecular flexibility index (Phi) is 3.79. The highest BCUT2D eigenvalue weighted by molar-refractivity contribution is 7.80. The van der Waals surface area contributed by atoms with Gasteiger partial charge in [-0.05, 0) is 22.6 Å². The Balaban J connectivity index is 2.41. The zero-order valence-electron chi connectivity index (χ0n) is 9.82. The number of aromatic nitrogens is 2. The first-order chi connectivity index (χ1) is 8.91. The Morgan fingerprint density at radius 2 is 2.26 bits per heavy atom. The molecular formula is C11H10ClN3O3S. The van der Waals surface area contributed by atoms with Crippen molar-refractivity contribution < 1.29 is 10.0 Å². The molecule has 2 rings (SSSR count). The standard InChI is InChI=1S/C11H10ClN3O3S/c1-14-9(15(17)18)5-13-11(14)10(16)6-2-3-8(19)7(12)4-6/h2-5,10,16,19H,1H3. The van der Waals surface area contributed by atoms with E-state index in [2.05, 4.69) is 17.6 Å². The molecule has 0 saturated carbocycles. The van der Waals surface area contributed by atoms with Crippen LogP contribution in [0.15, 0.2) is 29.3 Å². The van der Waals surface area contributed by atoms with Gasteiger partial charge in [-0.25, -0.2) is 9.55 Å². The maximum atomic E-state index is 10.7. The van der Waals surface area contributed by atoms with Gasteiger partial charge in [0.25, 0.3) is 0 Å². The van der Waals surface area contributed by atoms with Gasteiger partial charge in [0.05, 0.1) is 12.1 Å². The highest BCUT2D eigenvalue weighted by Crippen LogP contribution is 2.28. The minimum absolute atomic E-state index is 0.176. The average molecular weight is 300 g/mol. The van der Waals surface area contributed by atoms with Gasteiger partial charge in [0, 0.05) is 4.90 Å². The molecule has 0 fully saturated rings. The second-order valence-electron chi connectivity index (χ2n) is 3.90. The first-order valence-electron chi connectivity index (χ1n) is 5.24. The summed E-state index contributed by atoms with van der Waals surface area (Å²) in [6.45, 7) is 0. The van der Waals surface area contributed by atoms with Crippen molar-refractivity contribution >= 4 is 30.0 Å². The van der Waals surface area contributed by atoms with Crippen molar-refractivity contribution in [3.63, 3.8) is 0 Å². The molecule has 0 aliphatic heterocycles. The van der Waals surface area contributed by atoms with Crippen molar-refractivity contribution in [3.8, 4) is 0 Å². The van der Waals surface area contributed by atoms with E-state index in [1.54, 1.807) is 18.2 Å². The zero-order valence-corrected chi connectivity index (χ0v) is 11.5. The fourth-order valence-corrected chi connectivity index (χ4v) is 2.01. The SMILES string of the molecule is Cn1c([N+](=O)[O-])cnc1C(O)c1ccc(S)c(Cl)c1. The normalized spacial score (nSPS) is 12.4. The molecule has 0 radical (unpaired) electrons. The Morgan fingerprint density at radius 3 is 2.79 bits per heavy atom. The molecule has 1 N–H and O–H groups in total. The van der Waals surface area contributed by atoms with Crippen molar-refractivity contribution in [2.75, 3.05) is 0 Å². The summed E-state index contributed by atoms with van der Waals surface area (Å²) < 4.78 is 1.23. The lowest BCUT2D eigenvalue weighted by Crippen LogP contribution is -2.08. The first-order valence-corrected chi connectivity index (χ1v) is 6.07. The van der Waals surface area contributed by atoms with Gasteiger partial charge in [-0.15, -0.1) is 12.6 Å². The number of aliphatic hydroxyl groups is 1. The van der Waals surface area contributed by atoms with E-state index in [0.29, 0.717) is 15.5 Å². The van der Waals surface area contributed by atoms with E-state index in [0.717, 1.165) is 6.20 Å². The van der Waals surface area contributed by atoms with Crippen LogP contribution < -0.4 is 0 Å². The number of nitrogens with zero attached hydrogens (tertiary/aromatic N) is 3. The molecule has 1 aromatic carbocycles. The summed E-state index contributed by atoms with van der Waals surface area (Å²) in [5, 5.41) is 21.3. The van der Waals surface area contributed by atoms with Gasteiger partial charge in [-0.2, -0.15) is 0 Å². The quantitative estimate of drug-likeness (QED) is 0.518. The topological polar surface area (TPSA) is 81.2 Å². The minimum Gasteiger partial charge on any atom is -0.378 e. The lowest BCUT2D eigenvalue weighted by atomic mass is 10.1. The van der Waals surface area contributed by atoms with Gasteiger partial charge >= 0.3 is 5.82 Å². The van der Waals surface area contributed by atoms with Crippen LogP contribution in [0.4, 0.5) is 5.82 Å². The highest BCUT2D eigenvalue weighted by Gasteiger charge is 2.24. The molecule has 8 heteroatoms. The van der Waals surface area contributed by atoms with E-state index in [1.165, 1.54) is 11.6 Å². The molecule has 2 aromatic rings. The molecule has 100 valence electrons. The fraction of sp³-hybridized carbons (Fsp3) is 0.182. The second kappa shape index (κ2) is 5.20. The summed E-state index contributed by atoms with van der Waals surface area (Å²) in [7, 11) is 1.47. The van der Waals surface area contributed by atoms with E-state index in [9.17, 15) is 15.2 Å². The van der Waals surface area contributed by atoms with Crippen molar-refractivity contribution in [2.24, 2.45) is 7.05 Å². The van der Waals surface area contributed by atoms with Crippen LogP contribution in [0, 0.1) is 10.1 Å². The van der Waals surface area contributed by atoms with Gasteiger partial charge in [-0.1, -0.05) is 17.7 Å². The molecule has 0 bridgehead atoms. The van der Waals surface area contributed by atoms with Crippen molar-refractivity contribution in [1.82, 2.24) is 9.55 Å². The van der Waals surface area contributed by atoms with Gasteiger partial charge in [0.15, 0.2) is 6.10 Å². The number of halogens is 1. The zero-order chi connectivity index (χ0) is 14.2. The van der Waals surface area contributed by atoms with Crippen molar-refractivity contribution in [2.45, 2.75) is 11.0 Å². The molecular weight excluding hydrogens is 290 g/mol. The fourth-order valence-electron chi connectivity index (χ4n) is 1.68. The number of thiol groups is 1. The minimum atomic E-state index is -1.09. The summed E-state index contributed by atoms with van der Waals surface area (Å²) in [6, 6.07) is 4.83. The first kappa shape index (κ1) is 13.9. The Bertz CT molecular complexity index is 644. The van der Waals surface area contributed by atoms with E-state index in [4.69, 9.17) is 11.6 Å². The van der Waals surface area contributed by atoms with Gasteiger partial charge in [-0.3, -0.25) is 0 Å². The van der Waals surface area contributed by atoms with Crippen LogP contribution >= 0.6 is 24.2 Å². The lowest BCUT2D eigenvalue weighted by molar-refractivity contribution is -0.391. The molecule has 1 atom stereocenters. The van der Waals surface area contributed by atoms with Gasteiger partial charge in [0.1, 0.15) is 6.20 Å².